The van der Waals surface area contributed by atoms with Gasteiger partial charge in [0.1, 0.15) is 0 Å². The van der Waals surface area contributed by atoms with Gasteiger partial charge < -0.3 is 10.1 Å². The predicted octanol–water partition coefficient (Wildman–Crippen LogP) is 3.75. The zero-order valence-electron chi connectivity index (χ0n) is 17.6. The third-order valence-corrected chi connectivity index (χ3v) is 6.16. The summed E-state index contributed by atoms with van der Waals surface area (Å²) in [5.74, 6) is 0.0946. The SMILES string of the molecule is CCCCOC(=O)c1ccc(NC(=O)CC2CSc3nc(C)c(CC)c(=O)n32)cc1. The number of anilines is 1. The number of carbonyl (C=O) groups excluding carboxylic acids is 2. The van der Waals surface area contributed by atoms with E-state index in [-0.39, 0.29) is 29.9 Å². The number of amides is 1. The van der Waals surface area contributed by atoms with E-state index >= 15 is 0 Å². The second kappa shape index (κ2) is 9.93. The lowest BCUT2D eigenvalue weighted by Gasteiger charge is -2.15. The van der Waals surface area contributed by atoms with Crippen LogP contribution in [0.1, 0.15) is 60.8 Å². The van der Waals surface area contributed by atoms with Crippen LogP contribution in [0.25, 0.3) is 0 Å². The van der Waals surface area contributed by atoms with Gasteiger partial charge >= 0.3 is 5.97 Å². The maximum Gasteiger partial charge on any atom is 0.338 e. The summed E-state index contributed by atoms with van der Waals surface area (Å²) in [6.45, 7) is 6.23. The minimum atomic E-state index is -0.366. The molecule has 0 saturated carbocycles. The van der Waals surface area contributed by atoms with Crippen molar-refractivity contribution >= 4 is 29.3 Å². The van der Waals surface area contributed by atoms with Gasteiger partial charge in [0.05, 0.1) is 18.2 Å². The maximum atomic E-state index is 12.8. The van der Waals surface area contributed by atoms with Crippen molar-refractivity contribution in [1.82, 2.24) is 9.55 Å². The topological polar surface area (TPSA) is 90.3 Å². The molecule has 30 heavy (non-hydrogen) atoms. The normalized spacial score (nSPS) is 15.0. The molecule has 1 atom stereocenters. The van der Waals surface area contributed by atoms with Crippen LogP contribution in [0.4, 0.5) is 5.69 Å². The number of esters is 1. The second-order valence-corrected chi connectivity index (χ2v) is 8.26. The van der Waals surface area contributed by atoms with Crippen molar-refractivity contribution in [2.24, 2.45) is 0 Å². The molecule has 1 aliphatic heterocycles. The van der Waals surface area contributed by atoms with Gasteiger partial charge in [0.15, 0.2) is 5.16 Å². The van der Waals surface area contributed by atoms with E-state index in [1.807, 2.05) is 20.8 Å². The highest BCUT2D eigenvalue weighted by Gasteiger charge is 2.29. The Hall–Kier alpha value is -2.61. The number of hydrogen-bond acceptors (Lipinski definition) is 6. The molecule has 0 fully saturated rings. The van der Waals surface area contributed by atoms with Crippen molar-refractivity contribution in [3.05, 3.63) is 51.4 Å². The van der Waals surface area contributed by atoms with Crippen LogP contribution in [0.2, 0.25) is 0 Å². The molecule has 7 nitrogen and oxygen atoms in total. The standard InChI is InChI=1S/C22H27N3O4S/c1-4-6-11-29-21(28)15-7-9-16(10-8-15)24-19(26)12-17-13-30-22-23-14(3)18(5-2)20(27)25(17)22/h7-10,17H,4-6,11-13H2,1-3H3,(H,24,26). The van der Waals surface area contributed by atoms with Crippen LogP contribution in [-0.4, -0.2) is 33.8 Å². The molecule has 0 aliphatic carbocycles. The number of rotatable bonds is 8. The number of nitrogens with one attached hydrogen (secondary N) is 1. The number of hydrogen-bond donors (Lipinski definition) is 1. The fourth-order valence-corrected chi connectivity index (χ4v) is 4.57. The largest absolute Gasteiger partial charge is 0.462 e. The van der Waals surface area contributed by atoms with Crippen LogP contribution in [0.15, 0.2) is 34.2 Å². The van der Waals surface area contributed by atoms with Gasteiger partial charge in [-0.1, -0.05) is 32.0 Å². The molecule has 2 heterocycles. The molecule has 0 saturated heterocycles. The van der Waals surface area contributed by atoms with Crippen LogP contribution in [0.5, 0.6) is 0 Å². The smallest absolute Gasteiger partial charge is 0.338 e. The monoisotopic (exact) mass is 429 g/mol. The van der Waals surface area contributed by atoms with Gasteiger partial charge in [0.2, 0.25) is 5.91 Å². The Kier molecular flexibility index (Phi) is 7.31. The molecule has 0 bridgehead atoms. The highest BCUT2D eigenvalue weighted by atomic mass is 32.2. The summed E-state index contributed by atoms with van der Waals surface area (Å²) in [5, 5.41) is 3.52. The zero-order chi connectivity index (χ0) is 21.7. The first-order valence-electron chi connectivity index (χ1n) is 10.3. The second-order valence-electron chi connectivity index (χ2n) is 7.27. The van der Waals surface area contributed by atoms with Crippen LogP contribution in [0.3, 0.4) is 0 Å². The van der Waals surface area contributed by atoms with Crippen molar-refractivity contribution in [1.29, 1.82) is 0 Å². The number of aromatic nitrogens is 2. The summed E-state index contributed by atoms with van der Waals surface area (Å²) >= 11 is 1.51. The lowest BCUT2D eigenvalue weighted by atomic mass is 10.1. The Morgan fingerprint density at radius 3 is 2.67 bits per heavy atom. The highest BCUT2D eigenvalue weighted by Crippen LogP contribution is 2.32. The average Bonchev–Trinajstić information content (AvgIpc) is 3.11. The molecule has 1 unspecified atom stereocenters. The van der Waals surface area contributed by atoms with E-state index in [9.17, 15) is 14.4 Å². The maximum absolute atomic E-state index is 12.8. The van der Waals surface area contributed by atoms with Gasteiger partial charge in [0.25, 0.3) is 5.56 Å². The zero-order valence-corrected chi connectivity index (χ0v) is 18.4. The fraction of sp³-hybridized carbons (Fsp3) is 0.455. The highest BCUT2D eigenvalue weighted by molar-refractivity contribution is 7.99. The summed E-state index contributed by atoms with van der Waals surface area (Å²) < 4.78 is 6.84. The lowest BCUT2D eigenvalue weighted by molar-refractivity contribution is -0.116. The third kappa shape index (κ3) is 4.92. The number of ether oxygens (including phenoxy) is 1. The Labute approximate surface area is 180 Å². The van der Waals surface area contributed by atoms with Crippen molar-refractivity contribution in [2.45, 2.75) is 57.7 Å². The van der Waals surface area contributed by atoms with Crippen molar-refractivity contribution in [2.75, 3.05) is 17.7 Å². The van der Waals surface area contributed by atoms with Crippen LogP contribution >= 0.6 is 11.8 Å². The molecule has 3 rings (SSSR count). The average molecular weight is 430 g/mol. The number of aryl methyl sites for hydroxylation is 1. The molecule has 1 aromatic heterocycles. The van der Waals surface area contributed by atoms with Gasteiger partial charge in [-0.2, -0.15) is 0 Å². The molecule has 1 amide bonds. The van der Waals surface area contributed by atoms with E-state index in [2.05, 4.69) is 10.3 Å². The van der Waals surface area contributed by atoms with Crippen LogP contribution in [0, 0.1) is 6.92 Å². The van der Waals surface area contributed by atoms with E-state index in [1.165, 1.54) is 11.8 Å². The fourth-order valence-electron chi connectivity index (χ4n) is 3.39. The Morgan fingerprint density at radius 1 is 1.27 bits per heavy atom. The predicted molar refractivity (Wildman–Crippen MR) is 117 cm³/mol. The minimum absolute atomic E-state index is 0.0475. The molecule has 160 valence electrons. The van der Waals surface area contributed by atoms with Gasteiger partial charge in [-0.25, -0.2) is 9.78 Å². The van der Waals surface area contributed by atoms with Gasteiger partial charge in [-0.05, 0) is 44.0 Å². The molecule has 1 aromatic carbocycles. The first kappa shape index (κ1) is 22.1. The molecular weight excluding hydrogens is 402 g/mol. The molecule has 2 aromatic rings. The van der Waals surface area contributed by atoms with Crippen molar-refractivity contribution < 1.29 is 14.3 Å². The number of fused-ring (bicyclic) bond motifs is 1. The van der Waals surface area contributed by atoms with E-state index in [4.69, 9.17) is 4.74 Å². The van der Waals surface area contributed by atoms with E-state index in [0.29, 0.717) is 40.8 Å². The number of benzene rings is 1. The number of unbranched alkanes of at least 4 members (excludes halogenated alkanes) is 1. The summed E-state index contributed by atoms with van der Waals surface area (Å²) in [6.07, 6.45) is 2.60. The van der Waals surface area contributed by atoms with E-state index < -0.39 is 0 Å². The number of carbonyl (C=O) groups is 2. The Bertz CT molecular complexity index is 985. The molecule has 0 spiro atoms. The van der Waals surface area contributed by atoms with Crippen LogP contribution in [-0.2, 0) is 16.0 Å². The number of thioether (sulfide) groups is 1. The van der Waals surface area contributed by atoms with Crippen molar-refractivity contribution in [3.8, 4) is 0 Å². The van der Waals surface area contributed by atoms with E-state index in [1.54, 1.807) is 28.8 Å². The molecular formula is C22H27N3O4S. The summed E-state index contributed by atoms with van der Waals surface area (Å²) in [6, 6.07) is 6.41. The first-order chi connectivity index (χ1) is 14.4. The third-order valence-electron chi connectivity index (χ3n) is 5.06. The van der Waals surface area contributed by atoms with E-state index in [0.717, 1.165) is 18.5 Å². The first-order valence-corrected chi connectivity index (χ1v) is 11.2. The molecule has 8 heteroatoms. The summed E-state index contributed by atoms with van der Waals surface area (Å²) in [5.41, 5.74) is 2.46. The van der Waals surface area contributed by atoms with Crippen LogP contribution < -0.4 is 10.9 Å². The quantitative estimate of drug-likeness (QED) is 0.390. The van der Waals surface area contributed by atoms with Gasteiger partial charge in [-0.15, -0.1) is 0 Å². The van der Waals surface area contributed by atoms with Gasteiger partial charge in [-0.3, -0.25) is 14.2 Å². The summed E-state index contributed by atoms with van der Waals surface area (Å²) in [7, 11) is 0. The summed E-state index contributed by atoms with van der Waals surface area (Å²) in [4.78, 5) is 41.8. The minimum Gasteiger partial charge on any atom is -0.462 e. The molecule has 1 aliphatic rings. The van der Waals surface area contributed by atoms with Crippen molar-refractivity contribution in [3.63, 3.8) is 0 Å². The Morgan fingerprint density at radius 2 is 2.00 bits per heavy atom. The number of nitrogens with zero attached hydrogens (tertiary/aromatic N) is 2. The molecule has 0 radical (unpaired) electrons. The van der Waals surface area contributed by atoms with Gasteiger partial charge in [0, 0.05) is 29.1 Å². The lowest BCUT2D eigenvalue weighted by Crippen LogP contribution is -2.30. The molecule has 1 N–H and O–H groups in total. The Balaban J connectivity index is 1.62.